The Morgan fingerprint density at radius 3 is 2.83 bits per heavy atom. The average Bonchev–Trinajstić information content (AvgIpc) is 2.80. The van der Waals surface area contributed by atoms with Crippen LogP contribution in [0.3, 0.4) is 0 Å². The van der Waals surface area contributed by atoms with Crippen molar-refractivity contribution in [1.29, 1.82) is 0 Å². The van der Waals surface area contributed by atoms with Crippen molar-refractivity contribution in [3.8, 4) is 11.3 Å². The lowest BCUT2D eigenvalue weighted by Gasteiger charge is -2.21. The standard InChI is InChI=1S/C18H22N4O/c1-14(23)15-5-3-6-16(11-15)17-12-19-13-18(20-17)22-8-4-7-21(2)9-10-22/h3,5-6,11-13H,4,7-10H2,1-2H3. The molecule has 2 heterocycles. The number of rotatable bonds is 3. The van der Waals surface area contributed by atoms with Crippen LogP contribution in [0, 0.1) is 0 Å². The predicted molar refractivity (Wildman–Crippen MR) is 91.8 cm³/mol. The number of hydrogen-bond donors (Lipinski definition) is 0. The third-order valence-corrected chi connectivity index (χ3v) is 4.23. The maximum Gasteiger partial charge on any atom is 0.159 e. The van der Waals surface area contributed by atoms with Gasteiger partial charge in [-0.05, 0) is 33.0 Å². The Labute approximate surface area is 137 Å². The molecule has 23 heavy (non-hydrogen) atoms. The lowest BCUT2D eigenvalue weighted by atomic mass is 10.1. The summed E-state index contributed by atoms with van der Waals surface area (Å²) in [5, 5.41) is 0. The fourth-order valence-corrected chi connectivity index (χ4v) is 2.82. The molecule has 0 aliphatic carbocycles. The summed E-state index contributed by atoms with van der Waals surface area (Å²) in [6, 6.07) is 7.57. The van der Waals surface area contributed by atoms with Crippen LogP contribution >= 0.6 is 0 Å². The number of hydrogen-bond acceptors (Lipinski definition) is 5. The maximum absolute atomic E-state index is 11.6. The van der Waals surface area contributed by atoms with Gasteiger partial charge in [0.1, 0.15) is 5.82 Å². The van der Waals surface area contributed by atoms with Crippen molar-refractivity contribution in [3.63, 3.8) is 0 Å². The third kappa shape index (κ3) is 3.74. The largest absolute Gasteiger partial charge is 0.354 e. The molecule has 0 spiro atoms. The molecule has 1 aliphatic heterocycles. The monoisotopic (exact) mass is 310 g/mol. The molecule has 1 aromatic carbocycles. The van der Waals surface area contributed by atoms with E-state index in [1.54, 1.807) is 13.1 Å². The van der Waals surface area contributed by atoms with Crippen LogP contribution in [0.1, 0.15) is 23.7 Å². The van der Waals surface area contributed by atoms with Crippen LogP contribution in [-0.4, -0.2) is 53.9 Å². The smallest absolute Gasteiger partial charge is 0.159 e. The summed E-state index contributed by atoms with van der Waals surface area (Å²) in [5.74, 6) is 0.970. The van der Waals surface area contributed by atoms with Crippen molar-refractivity contribution in [3.05, 3.63) is 42.2 Å². The fraction of sp³-hybridized carbons (Fsp3) is 0.389. The number of likely N-dealkylation sites (N-methyl/N-ethyl adjacent to an activating group) is 1. The SMILES string of the molecule is CC(=O)c1cccc(-c2cncc(N3CCCN(C)CC3)n2)c1. The van der Waals surface area contributed by atoms with E-state index in [9.17, 15) is 4.79 Å². The summed E-state index contributed by atoms with van der Waals surface area (Å²) in [5.41, 5.74) is 2.44. The van der Waals surface area contributed by atoms with Crippen molar-refractivity contribution in [2.75, 3.05) is 38.1 Å². The molecule has 1 aromatic heterocycles. The van der Waals surface area contributed by atoms with Crippen molar-refractivity contribution >= 4 is 11.6 Å². The first kappa shape index (κ1) is 15.6. The zero-order chi connectivity index (χ0) is 16.2. The van der Waals surface area contributed by atoms with E-state index >= 15 is 0 Å². The Bertz CT molecular complexity index is 701. The topological polar surface area (TPSA) is 49.3 Å². The van der Waals surface area contributed by atoms with E-state index < -0.39 is 0 Å². The molecule has 0 N–H and O–H groups in total. The number of ketones is 1. The van der Waals surface area contributed by atoms with E-state index in [1.807, 2.05) is 30.5 Å². The maximum atomic E-state index is 11.6. The van der Waals surface area contributed by atoms with Gasteiger partial charge in [-0.1, -0.05) is 18.2 Å². The number of carbonyl (C=O) groups is 1. The minimum Gasteiger partial charge on any atom is -0.354 e. The summed E-state index contributed by atoms with van der Waals surface area (Å²) in [6.45, 7) is 5.68. The molecule has 0 saturated carbocycles. The summed E-state index contributed by atoms with van der Waals surface area (Å²) >= 11 is 0. The Morgan fingerprint density at radius 2 is 2.00 bits per heavy atom. The highest BCUT2D eigenvalue weighted by atomic mass is 16.1. The van der Waals surface area contributed by atoms with Crippen LogP contribution in [0.2, 0.25) is 0 Å². The second kappa shape index (κ2) is 6.87. The van der Waals surface area contributed by atoms with E-state index in [-0.39, 0.29) is 5.78 Å². The molecule has 5 heteroatoms. The zero-order valence-corrected chi connectivity index (χ0v) is 13.7. The van der Waals surface area contributed by atoms with Gasteiger partial charge in [-0.2, -0.15) is 0 Å². The van der Waals surface area contributed by atoms with Crippen LogP contribution in [0.25, 0.3) is 11.3 Å². The molecule has 1 aliphatic rings. The minimum atomic E-state index is 0.0616. The predicted octanol–water partition coefficient (Wildman–Crippen LogP) is 2.49. The summed E-state index contributed by atoms with van der Waals surface area (Å²) < 4.78 is 0. The minimum absolute atomic E-state index is 0.0616. The highest BCUT2D eigenvalue weighted by molar-refractivity contribution is 5.95. The van der Waals surface area contributed by atoms with Gasteiger partial charge in [-0.25, -0.2) is 4.98 Å². The van der Waals surface area contributed by atoms with E-state index in [0.29, 0.717) is 5.56 Å². The van der Waals surface area contributed by atoms with Crippen LogP contribution in [0.5, 0.6) is 0 Å². The molecule has 2 aromatic rings. The van der Waals surface area contributed by atoms with Gasteiger partial charge in [0.2, 0.25) is 0 Å². The quantitative estimate of drug-likeness (QED) is 0.815. The van der Waals surface area contributed by atoms with Crippen molar-refractivity contribution in [2.24, 2.45) is 0 Å². The first-order valence-electron chi connectivity index (χ1n) is 8.00. The second-order valence-corrected chi connectivity index (χ2v) is 6.04. The first-order chi connectivity index (χ1) is 11.1. The number of carbonyl (C=O) groups excluding carboxylic acids is 1. The fourth-order valence-electron chi connectivity index (χ4n) is 2.82. The van der Waals surface area contributed by atoms with Crippen LogP contribution in [0.15, 0.2) is 36.7 Å². The molecule has 5 nitrogen and oxygen atoms in total. The molecule has 0 radical (unpaired) electrons. The Balaban J connectivity index is 1.87. The molecule has 1 fully saturated rings. The average molecular weight is 310 g/mol. The number of anilines is 1. The lowest BCUT2D eigenvalue weighted by molar-refractivity contribution is 0.101. The van der Waals surface area contributed by atoms with E-state index in [4.69, 9.17) is 4.98 Å². The van der Waals surface area contributed by atoms with Crippen molar-refractivity contribution < 1.29 is 4.79 Å². The van der Waals surface area contributed by atoms with Crippen molar-refractivity contribution in [1.82, 2.24) is 14.9 Å². The van der Waals surface area contributed by atoms with Crippen LogP contribution in [0.4, 0.5) is 5.82 Å². The Hall–Kier alpha value is -2.27. The van der Waals surface area contributed by atoms with Gasteiger partial charge in [0, 0.05) is 30.8 Å². The number of nitrogens with zero attached hydrogens (tertiary/aromatic N) is 4. The molecular formula is C18H22N4O. The molecule has 0 amide bonds. The van der Waals surface area contributed by atoms with Gasteiger partial charge in [0.05, 0.1) is 18.1 Å². The summed E-state index contributed by atoms with van der Waals surface area (Å²) in [6.07, 6.45) is 4.71. The summed E-state index contributed by atoms with van der Waals surface area (Å²) in [7, 11) is 2.15. The molecule has 0 bridgehead atoms. The lowest BCUT2D eigenvalue weighted by Crippen LogP contribution is -2.29. The molecule has 0 unspecified atom stereocenters. The molecule has 120 valence electrons. The zero-order valence-electron chi connectivity index (χ0n) is 13.7. The van der Waals surface area contributed by atoms with Crippen LogP contribution in [-0.2, 0) is 0 Å². The normalized spacial score (nSPS) is 16.2. The van der Waals surface area contributed by atoms with Gasteiger partial charge in [-0.15, -0.1) is 0 Å². The van der Waals surface area contributed by atoms with Gasteiger partial charge < -0.3 is 9.80 Å². The third-order valence-electron chi connectivity index (χ3n) is 4.23. The Kier molecular flexibility index (Phi) is 4.67. The second-order valence-electron chi connectivity index (χ2n) is 6.04. The number of aromatic nitrogens is 2. The first-order valence-corrected chi connectivity index (χ1v) is 8.00. The molecule has 0 atom stereocenters. The van der Waals surface area contributed by atoms with Crippen LogP contribution < -0.4 is 4.90 Å². The molecule has 3 rings (SSSR count). The van der Waals surface area contributed by atoms with E-state index in [2.05, 4.69) is 21.8 Å². The van der Waals surface area contributed by atoms with Gasteiger partial charge in [-0.3, -0.25) is 9.78 Å². The number of benzene rings is 1. The van der Waals surface area contributed by atoms with Gasteiger partial charge in [0.15, 0.2) is 5.78 Å². The summed E-state index contributed by atoms with van der Waals surface area (Å²) in [4.78, 5) is 25.3. The molecular weight excluding hydrogens is 288 g/mol. The van der Waals surface area contributed by atoms with E-state index in [0.717, 1.165) is 49.7 Å². The highest BCUT2D eigenvalue weighted by Gasteiger charge is 2.15. The van der Waals surface area contributed by atoms with Gasteiger partial charge in [0.25, 0.3) is 0 Å². The Morgan fingerprint density at radius 1 is 1.13 bits per heavy atom. The van der Waals surface area contributed by atoms with Crippen molar-refractivity contribution in [2.45, 2.75) is 13.3 Å². The van der Waals surface area contributed by atoms with E-state index in [1.165, 1.54) is 0 Å². The molecule has 1 saturated heterocycles. The highest BCUT2D eigenvalue weighted by Crippen LogP contribution is 2.21. The number of Topliss-reactive ketones (excluding diaryl/α,β-unsaturated/α-hetero) is 1. The van der Waals surface area contributed by atoms with Gasteiger partial charge >= 0.3 is 0 Å².